The Morgan fingerprint density at radius 2 is 1.83 bits per heavy atom. The predicted molar refractivity (Wildman–Crippen MR) is 101 cm³/mol. The molecule has 0 spiro atoms. The summed E-state index contributed by atoms with van der Waals surface area (Å²) in [6.07, 6.45) is 4.55. The normalized spacial score (nSPS) is 13.2. The zero-order valence-electron chi connectivity index (χ0n) is 14.6. The van der Waals surface area contributed by atoms with Crippen molar-refractivity contribution in [2.75, 3.05) is 4.90 Å². The number of aromatic amines is 1. The molecule has 0 saturated carbocycles. The smallest absolute Gasteiger partial charge is 0.269 e. The monoisotopic (exact) mass is 386 g/mol. The molecule has 1 aliphatic rings. The summed E-state index contributed by atoms with van der Waals surface area (Å²) < 4.78 is 0. The number of carbonyl (C=O) groups excluding carboxylic acids is 2. The zero-order chi connectivity index (χ0) is 20.1. The number of aromatic nitrogens is 4. The summed E-state index contributed by atoms with van der Waals surface area (Å²) in [6, 6.07) is 8.75. The van der Waals surface area contributed by atoms with Crippen molar-refractivity contribution in [3.05, 3.63) is 76.2 Å². The van der Waals surface area contributed by atoms with Crippen LogP contribution in [0, 0.1) is 10.1 Å². The summed E-state index contributed by atoms with van der Waals surface area (Å²) in [6.45, 7) is 0. The molecule has 4 heterocycles. The molecule has 0 unspecified atom stereocenters. The van der Waals surface area contributed by atoms with Crippen LogP contribution in [0.15, 0.2) is 55.0 Å². The summed E-state index contributed by atoms with van der Waals surface area (Å²) in [5, 5.41) is 18.3. The van der Waals surface area contributed by atoms with Crippen LogP contribution in [-0.4, -0.2) is 36.9 Å². The minimum atomic E-state index is -0.550. The highest BCUT2D eigenvalue weighted by molar-refractivity contribution is 6.38. The number of hydrogen-bond donors (Lipinski definition) is 1. The summed E-state index contributed by atoms with van der Waals surface area (Å²) >= 11 is 0. The lowest BCUT2D eigenvalue weighted by Gasteiger charge is -2.13. The lowest BCUT2D eigenvalue weighted by Crippen LogP contribution is -2.29. The van der Waals surface area contributed by atoms with Crippen molar-refractivity contribution in [1.29, 1.82) is 0 Å². The van der Waals surface area contributed by atoms with Crippen molar-refractivity contribution in [3.63, 3.8) is 0 Å². The number of anilines is 1. The molecule has 1 aliphatic heterocycles. The van der Waals surface area contributed by atoms with E-state index < -0.39 is 16.7 Å². The fourth-order valence-corrected chi connectivity index (χ4v) is 3.37. The third-order valence-corrected chi connectivity index (χ3v) is 4.70. The van der Waals surface area contributed by atoms with Gasteiger partial charge in [0, 0.05) is 36.3 Å². The third kappa shape index (κ3) is 2.39. The van der Waals surface area contributed by atoms with Gasteiger partial charge in [0.1, 0.15) is 0 Å². The number of rotatable bonds is 3. The van der Waals surface area contributed by atoms with Crippen molar-refractivity contribution in [3.8, 4) is 11.3 Å². The second-order valence-electron chi connectivity index (χ2n) is 6.31. The van der Waals surface area contributed by atoms with Crippen LogP contribution in [-0.2, 0) is 0 Å². The summed E-state index contributed by atoms with van der Waals surface area (Å²) in [5.74, 6) is -1.09. The Kier molecular flexibility index (Phi) is 3.47. The number of nitrogens with zero attached hydrogens (tertiary/aromatic N) is 5. The molecule has 0 aliphatic carbocycles. The van der Waals surface area contributed by atoms with E-state index in [4.69, 9.17) is 0 Å². The largest absolute Gasteiger partial charge is 0.275 e. The fraction of sp³-hybridized carbons (Fsp3) is 0. The van der Waals surface area contributed by atoms with Gasteiger partial charge in [0.2, 0.25) is 0 Å². The average molecular weight is 386 g/mol. The molecule has 0 saturated heterocycles. The molecule has 1 aromatic carbocycles. The summed E-state index contributed by atoms with van der Waals surface area (Å²) in [7, 11) is 0. The number of carbonyl (C=O) groups is 2. The maximum absolute atomic E-state index is 13.2. The van der Waals surface area contributed by atoms with E-state index in [0.717, 1.165) is 4.90 Å². The van der Waals surface area contributed by atoms with Crippen molar-refractivity contribution in [1.82, 2.24) is 20.2 Å². The summed E-state index contributed by atoms with van der Waals surface area (Å²) in [5.41, 5.74) is 1.96. The lowest BCUT2D eigenvalue weighted by molar-refractivity contribution is -0.384. The van der Waals surface area contributed by atoms with Crippen LogP contribution in [0.5, 0.6) is 0 Å². The van der Waals surface area contributed by atoms with Crippen LogP contribution in [0.2, 0.25) is 0 Å². The molecule has 0 bridgehead atoms. The topological polar surface area (TPSA) is 135 Å². The molecular weight excluding hydrogens is 376 g/mol. The number of nitrogens with one attached hydrogen (secondary N) is 1. The van der Waals surface area contributed by atoms with E-state index in [1.165, 1.54) is 30.5 Å². The maximum Gasteiger partial charge on any atom is 0.269 e. The van der Waals surface area contributed by atoms with Gasteiger partial charge in [-0.05, 0) is 24.3 Å². The molecular formula is C19H10N6O4. The first-order valence-electron chi connectivity index (χ1n) is 8.47. The molecule has 140 valence electrons. The molecule has 10 nitrogen and oxygen atoms in total. The van der Waals surface area contributed by atoms with Gasteiger partial charge in [-0.3, -0.25) is 29.8 Å². The van der Waals surface area contributed by atoms with Crippen LogP contribution in [0.4, 0.5) is 11.4 Å². The van der Waals surface area contributed by atoms with Gasteiger partial charge in [-0.25, -0.2) is 9.88 Å². The third-order valence-electron chi connectivity index (χ3n) is 4.70. The van der Waals surface area contributed by atoms with Crippen molar-refractivity contribution < 1.29 is 14.5 Å². The number of H-pyrrole nitrogens is 1. The van der Waals surface area contributed by atoms with Gasteiger partial charge >= 0.3 is 0 Å². The molecule has 0 radical (unpaired) electrons. The average Bonchev–Trinajstić information content (AvgIpc) is 3.28. The Morgan fingerprint density at radius 1 is 1.03 bits per heavy atom. The summed E-state index contributed by atoms with van der Waals surface area (Å²) in [4.78, 5) is 45.7. The van der Waals surface area contributed by atoms with Crippen molar-refractivity contribution in [2.45, 2.75) is 0 Å². The molecule has 29 heavy (non-hydrogen) atoms. The molecule has 1 N–H and O–H groups in total. The van der Waals surface area contributed by atoms with Crippen molar-refractivity contribution in [2.24, 2.45) is 0 Å². The molecule has 10 heteroatoms. The van der Waals surface area contributed by atoms with E-state index in [2.05, 4.69) is 20.2 Å². The second kappa shape index (κ2) is 6.02. The minimum Gasteiger partial charge on any atom is -0.275 e. The standard InChI is InChI=1S/C19H10N6O4/c26-18-13-9-21-17-15(16(22-23-17)10-2-1-7-20-8-10)14(13)19(27)24(18)11-3-5-12(6-4-11)25(28)29/h1-9H,(H,21,22,23). The van der Waals surface area contributed by atoms with Crippen molar-refractivity contribution >= 4 is 34.2 Å². The molecule has 0 fully saturated rings. The highest BCUT2D eigenvalue weighted by Gasteiger charge is 2.40. The van der Waals surface area contributed by atoms with Crippen LogP contribution >= 0.6 is 0 Å². The lowest BCUT2D eigenvalue weighted by atomic mass is 10.0. The quantitative estimate of drug-likeness (QED) is 0.325. The second-order valence-corrected chi connectivity index (χ2v) is 6.31. The van der Waals surface area contributed by atoms with Gasteiger partial charge in [0.15, 0.2) is 5.65 Å². The highest BCUT2D eigenvalue weighted by atomic mass is 16.6. The minimum absolute atomic E-state index is 0.136. The number of amides is 2. The van der Waals surface area contributed by atoms with Crippen LogP contribution < -0.4 is 4.90 Å². The Labute approximate surface area is 162 Å². The Hall–Kier alpha value is -4.47. The Balaban J connectivity index is 1.68. The molecule has 0 atom stereocenters. The van der Waals surface area contributed by atoms with Gasteiger partial charge in [-0.1, -0.05) is 0 Å². The first-order chi connectivity index (χ1) is 14.1. The van der Waals surface area contributed by atoms with E-state index in [-0.39, 0.29) is 22.5 Å². The SMILES string of the molecule is O=C1c2cnc3n[nH]c(-c4cccnc4)c3c2C(=O)N1c1ccc([N+](=O)[O-])cc1. The first-order valence-corrected chi connectivity index (χ1v) is 8.47. The van der Waals surface area contributed by atoms with Gasteiger partial charge in [0.05, 0.1) is 32.8 Å². The first kappa shape index (κ1) is 16.7. The zero-order valence-corrected chi connectivity index (χ0v) is 14.6. The Morgan fingerprint density at radius 3 is 2.52 bits per heavy atom. The number of imide groups is 1. The number of pyridine rings is 2. The van der Waals surface area contributed by atoms with E-state index in [9.17, 15) is 19.7 Å². The van der Waals surface area contributed by atoms with E-state index in [0.29, 0.717) is 22.3 Å². The van der Waals surface area contributed by atoms with Crippen LogP contribution in [0.1, 0.15) is 20.7 Å². The van der Waals surface area contributed by atoms with E-state index >= 15 is 0 Å². The number of fused-ring (bicyclic) bond motifs is 3. The molecule has 3 aromatic heterocycles. The number of non-ortho nitro benzene ring substituents is 1. The van der Waals surface area contributed by atoms with E-state index in [1.807, 2.05) is 0 Å². The van der Waals surface area contributed by atoms with Gasteiger partial charge in [-0.15, -0.1) is 0 Å². The maximum atomic E-state index is 13.2. The molecule has 4 aromatic rings. The molecule has 5 rings (SSSR count). The predicted octanol–water partition coefficient (Wildman–Crippen LogP) is 2.73. The van der Waals surface area contributed by atoms with Gasteiger partial charge < -0.3 is 0 Å². The number of hydrogen-bond acceptors (Lipinski definition) is 7. The number of nitro benzene ring substituents is 1. The number of benzene rings is 1. The van der Waals surface area contributed by atoms with Crippen LogP contribution in [0.25, 0.3) is 22.3 Å². The number of nitro groups is 1. The van der Waals surface area contributed by atoms with Gasteiger partial charge in [0.25, 0.3) is 17.5 Å². The highest BCUT2D eigenvalue weighted by Crippen LogP contribution is 2.36. The van der Waals surface area contributed by atoms with E-state index in [1.54, 1.807) is 24.5 Å². The van der Waals surface area contributed by atoms with Crippen LogP contribution in [0.3, 0.4) is 0 Å². The fourth-order valence-electron chi connectivity index (χ4n) is 3.37. The Bertz CT molecular complexity index is 1310. The van der Waals surface area contributed by atoms with Gasteiger partial charge in [-0.2, -0.15) is 5.10 Å². The molecule has 2 amide bonds.